The maximum atomic E-state index is 13.1. The van der Waals surface area contributed by atoms with Crippen molar-refractivity contribution in [3.05, 3.63) is 60.2 Å². The number of nitrogens with one attached hydrogen (secondary N) is 1. The average Bonchev–Trinajstić information content (AvgIpc) is 3.41. The zero-order chi connectivity index (χ0) is 20.8. The Morgan fingerprint density at radius 1 is 1.03 bits per heavy atom. The third-order valence-electron chi connectivity index (χ3n) is 7.84. The minimum atomic E-state index is -0.559. The molecule has 2 aliphatic carbocycles. The molecule has 3 aliphatic rings. The molecule has 4 nitrogen and oxygen atoms in total. The highest BCUT2D eigenvalue weighted by atomic mass is 16.2. The van der Waals surface area contributed by atoms with E-state index in [2.05, 4.69) is 29.6 Å². The molecule has 0 aromatic heterocycles. The molecule has 2 aromatic rings. The van der Waals surface area contributed by atoms with Crippen LogP contribution in [-0.4, -0.2) is 36.9 Å². The van der Waals surface area contributed by atoms with Crippen LogP contribution in [0.5, 0.6) is 0 Å². The van der Waals surface area contributed by atoms with Crippen LogP contribution in [0.2, 0.25) is 0 Å². The lowest BCUT2D eigenvalue weighted by Gasteiger charge is -2.30. The summed E-state index contributed by atoms with van der Waals surface area (Å²) in [4.78, 5) is 28.2. The zero-order valence-electron chi connectivity index (χ0n) is 17.7. The van der Waals surface area contributed by atoms with Crippen LogP contribution in [0, 0.1) is 16.7 Å². The molecule has 2 atom stereocenters. The standard InChI is InChI=1S/C26H30N2O2/c1-27-24(30)26(14-15-28(18-26)23(29)22-17-25(22)12-7-13-25)16-20-10-5-6-11-21(20)19-8-3-2-4-9-19/h2-6,8-11,22H,7,12-18H2,1H3,(H,27,30)/t22-,26+/m0/s1. The van der Waals surface area contributed by atoms with Crippen molar-refractivity contribution in [2.24, 2.45) is 16.7 Å². The van der Waals surface area contributed by atoms with E-state index >= 15 is 0 Å². The van der Waals surface area contributed by atoms with E-state index in [-0.39, 0.29) is 17.7 Å². The number of likely N-dealkylation sites (tertiary alicyclic amines) is 1. The summed E-state index contributed by atoms with van der Waals surface area (Å²) in [7, 11) is 1.71. The van der Waals surface area contributed by atoms with Crippen LogP contribution in [0.1, 0.15) is 37.7 Å². The zero-order valence-corrected chi connectivity index (χ0v) is 17.7. The molecular weight excluding hydrogens is 372 g/mol. The monoisotopic (exact) mass is 402 g/mol. The number of amides is 2. The molecule has 1 N–H and O–H groups in total. The fraction of sp³-hybridized carbons (Fsp3) is 0.462. The predicted octanol–water partition coefficient (Wildman–Crippen LogP) is 4.05. The van der Waals surface area contributed by atoms with E-state index < -0.39 is 5.41 Å². The van der Waals surface area contributed by atoms with Crippen LogP contribution in [0.15, 0.2) is 54.6 Å². The van der Waals surface area contributed by atoms with Crippen molar-refractivity contribution in [2.75, 3.05) is 20.1 Å². The number of nitrogens with zero attached hydrogens (tertiary/aromatic N) is 1. The Balaban J connectivity index is 1.40. The lowest BCUT2D eigenvalue weighted by atomic mass is 9.78. The smallest absolute Gasteiger partial charge is 0.228 e. The van der Waals surface area contributed by atoms with Gasteiger partial charge in [0.1, 0.15) is 0 Å². The van der Waals surface area contributed by atoms with Gasteiger partial charge in [-0.1, -0.05) is 61.0 Å². The second-order valence-corrected chi connectivity index (χ2v) is 9.54. The molecule has 1 spiro atoms. The van der Waals surface area contributed by atoms with Crippen molar-refractivity contribution in [1.82, 2.24) is 10.2 Å². The highest BCUT2D eigenvalue weighted by Gasteiger charge is 2.62. The van der Waals surface area contributed by atoms with Crippen molar-refractivity contribution in [2.45, 2.75) is 38.5 Å². The van der Waals surface area contributed by atoms with Crippen molar-refractivity contribution in [3.8, 4) is 11.1 Å². The molecular formula is C26H30N2O2. The molecule has 0 unspecified atom stereocenters. The predicted molar refractivity (Wildman–Crippen MR) is 118 cm³/mol. The van der Waals surface area contributed by atoms with Gasteiger partial charge in [-0.3, -0.25) is 9.59 Å². The molecule has 30 heavy (non-hydrogen) atoms. The van der Waals surface area contributed by atoms with Crippen LogP contribution in [-0.2, 0) is 16.0 Å². The van der Waals surface area contributed by atoms with Gasteiger partial charge >= 0.3 is 0 Å². The van der Waals surface area contributed by atoms with Gasteiger partial charge in [-0.15, -0.1) is 0 Å². The molecule has 0 bridgehead atoms. The van der Waals surface area contributed by atoms with Gasteiger partial charge in [0.2, 0.25) is 11.8 Å². The van der Waals surface area contributed by atoms with Gasteiger partial charge in [-0.05, 0) is 54.2 Å². The van der Waals surface area contributed by atoms with Crippen molar-refractivity contribution < 1.29 is 9.59 Å². The summed E-state index contributed by atoms with van der Waals surface area (Å²) in [5, 5.41) is 2.89. The fourth-order valence-corrected chi connectivity index (χ4v) is 5.77. The molecule has 2 aromatic carbocycles. The van der Waals surface area contributed by atoms with Crippen molar-refractivity contribution in [1.29, 1.82) is 0 Å². The first-order valence-corrected chi connectivity index (χ1v) is 11.2. The number of rotatable bonds is 5. The van der Waals surface area contributed by atoms with Gasteiger partial charge in [0.05, 0.1) is 5.41 Å². The van der Waals surface area contributed by atoms with E-state index in [0.29, 0.717) is 24.9 Å². The van der Waals surface area contributed by atoms with Crippen LogP contribution in [0.3, 0.4) is 0 Å². The second kappa shape index (κ2) is 7.26. The molecule has 156 valence electrons. The van der Waals surface area contributed by atoms with Gasteiger partial charge in [0.15, 0.2) is 0 Å². The number of hydrogen-bond donors (Lipinski definition) is 1. The van der Waals surface area contributed by atoms with Gasteiger partial charge in [0.25, 0.3) is 0 Å². The molecule has 5 rings (SSSR count). The SMILES string of the molecule is CNC(=O)[C@@]1(Cc2ccccc2-c2ccccc2)CCN(C(=O)[C@@H]2CC23CCC3)C1. The Labute approximate surface area is 178 Å². The fourth-order valence-electron chi connectivity index (χ4n) is 5.77. The third kappa shape index (κ3) is 3.13. The summed E-state index contributed by atoms with van der Waals surface area (Å²) in [6.45, 7) is 1.22. The minimum absolute atomic E-state index is 0.0508. The Morgan fingerprint density at radius 2 is 1.77 bits per heavy atom. The van der Waals surface area contributed by atoms with E-state index in [1.54, 1.807) is 7.05 Å². The van der Waals surface area contributed by atoms with Gasteiger partial charge in [-0.2, -0.15) is 0 Å². The van der Waals surface area contributed by atoms with Crippen LogP contribution >= 0.6 is 0 Å². The molecule has 0 radical (unpaired) electrons. The normalized spacial score (nSPS) is 26.3. The second-order valence-electron chi connectivity index (χ2n) is 9.54. The van der Waals surface area contributed by atoms with Gasteiger partial charge < -0.3 is 10.2 Å². The van der Waals surface area contributed by atoms with Crippen LogP contribution in [0.4, 0.5) is 0 Å². The van der Waals surface area contributed by atoms with Crippen molar-refractivity contribution >= 4 is 11.8 Å². The lowest BCUT2D eigenvalue weighted by molar-refractivity contribution is -0.134. The number of hydrogen-bond acceptors (Lipinski definition) is 2. The first-order valence-electron chi connectivity index (χ1n) is 11.2. The first-order chi connectivity index (χ1) is 14.6. The quantitative estimate of drug-likeness (QED) is 0.820. The van der Waals surface area contributed by atoms with E-state index in [0.717, 1.165) is 18.4 Å². The molecule has 3 fully saturated rings. The van der Waals surface area contributed by atoms with E-state index in [4.69, 9.17) is 0 Å². The maximum Gasteiger partial charge on any atom is 0.228 e. The largest absolute Gasteiger partial charge is 0.359 e. The summed E-state index contributed by atoms with van der Waals surface area (Å²) in [5.41, 5.74) is 3.27. The summed E-state index contributed by atoms with van der Waals surface area (Å²) in [6, 6.07) is 18.7. The summed E-state index contributed by atoms with van der Waals surface area (Å²) < 4.78 is 0. The summed E-state index contributed by atoms with van der Waals surface area (Å²) in [5.74, 6) is 0.551. The first kappa shape index (κ1) is 19.3. The summed E-state index contributed by atoms with van der Waals surface area (Å²) >= 11 is 0. The molecule has 2 amide bonds. The Bertz CT molecular complexity index is 966. The van der Waals surface area contributed by atoms with E-state index in [9.17, 15) is 9.59 Å². The van der Waals surface area contributed by atoms with Crippen molar-refractivity contribution in [3.63, 3.8) is 0 Å². The Kier molecular flexibility index (Phi) is 4.68. The Hall–Kier alpha value is -2.62. The minimum Gasteiger partial charge on any atom is -0.359 e. The molecule has 4 heteroatoms. The third-order valence-corrected chi connectivity index (χ3v) is 7.84. The number of carbonyl (C=O) groups is 2. The molecule has 1 saturated heterocycles. The highest BCUT2D eigenvalue weighted by Crippen LogP contribution is 2.66. The van der Waals surface area contributed by atoms with Crippen LogP contribution in [0.25, 0.3) is 11.1 Å². The lowest BCUT2D eigenvalue weighted by Crippen LogP contribution is -2.44. The average molecular weight is 403 g/mol. The molecule has 2 saturated carbocycles. The van der Waals surface area contributed by atoms with Crippen LogP contribution < -0.4 is 5.32 Å². The topological polar surface area (TPSA) is 49.4 Å². The maximum absolute atomic E-state index is 13.1. The summed E-state index contributed by atoms with van der Waals surface area (Å²) in [6.07, 6.45) is 6.12. The van der Waals surface area contributed by atoms with Gasteiger partial charge in [-0.25, -0.2) is 0 Å². The highest BCUT2D eigenvalue weighted by molar-refractivity contribution is 5.88. The molecule has 1 heterocycles. The van der Waals surface area contributed by atoms with Gasteiger partial charge in [0, 0.05) is 26.1 Å². The molecule has 1 aliphatic heterocycles. The van der Waals surface area contributed by atoms with E-state index in [1.807, 2.05) is 35.2 Å². The Morgan fingerprint density at radius 3 is 2.43 bits per heavy atom. The van der Waals surface area contributed by atoms with E-state index in [1.165, 1.54) is 30.4 Å². The number of benzene rings is 2. The number of carbonyl (C=O) groups excluding carboxylic acids is 2.